The zero-order chi connectivity index (χ0) is 20.7. The van der Waals surface area contributed by atoms with Gasteiger partial charge in [0.25, 0.3) is 0 Å². The Kier molecular flexibility index (Phi) is 4.87. The van der Waals surface area contributed by atoms with Crippen molar-refractivity contribution in [3.63, 3.8) is 0 Å². The Hall–Kier alpha value is -3.13. The fourth-order valence-corrected chi connectivity index (χ4v) is 3.80. The van der Waals surface area contributed by atoms with E-state index < -0.39 is 23.3 Å². The zero-order valence-corrected chi connectivity index (χ0v) is 16.8. The van der Waals surface area contributed by atoms with E-state index in [9.17, 15) is 14.0 Å². The SMILES string of the molecule is CCOC(=O)C1=C(N)Oc2c(c(=O)oc3ccccc23)[C@@H]1c1ccc(F)c(Br)c1. The lowest BCUT2D eigenvalue weighted by atomic mass is 9.83. The van der Waals surface area contributed by atoms with Gasteiger partial charge in [0.05, 0.1) is 27.9 Å². The van der Waals surface area contributed by atoms with E-state index in [4.69, 9.17) is 19.6 Å². The molecule has 1 atom stereocenters. The third kappa shape index (κ3) is 3.19. The molecule has 29 heavy (non-hydrogen) atoms. The molecule has 8 heteroatoms. The van der Waals surface area contributed by atoms with Crippen molar-refractivity contribution < 1.29 is 23.1 Å². The Balaban J connectivity index is 2.05. The van der Waals surface area contributed by atoms with Crippen molar-refractivity contribution in [3.8, 4) is 5.75 Å². The molecule has 1 aliphatic rings. The standard InChI is InChI=1S/C21H15BrFNO5/c1-2-27-20(25)17-15(10-7-8-13(23)12(22)9-10)16-18(29-19(17)24)11-5-3-4-6-14(11)28-21(16)26/h3-9,15H,2,24H2,1H3/t15-/m0/s1. The summed E-state index contributed by atoms with van der Waals surface area (Å²) in [6.07, 6.45) is 0. The number of ether oxygens (including phenoxy) is 2. The first-order valence-electron chi connectivity index (χ1n) is 8.77. The van der Waals surface area contributed by atoms with E-state index in [2.05, 4.69) is 15.9 Å². The number of hydrogen-bond donors (Lipinski definition) is 1. The first-order valence-corrected chi connectivity index (χ1v) is 9.57. The normalized spacial score (nSPS) is 15.8. The highest BCUT2D eigenvalue weighted by atomic mass is 79.9. The number of carbonyl (C=O) groups is 1. The lowest BCUT2D eigenvalue weighted by molar-refractivity contribution is -0.139. The van der Waals surface area contributed by atoms with Crippen molar-refractivity contribution in [2.75, 3.05) is 6.61 Å². The molecule has 4 rings (SSSR count). The zero-order valence-electron chi connectivity index (χ0n) is 15.2. The van der Waals surface area contributed by atoms with Crippen LogP contribution in [0.3, 0.4) is 0 Å². The van der Waals surface area contributed by atoms with Crippen LogP contribution in [0.2, 0.25) is 0 Å². The summed E-state index contributed by atoms with van der Waals surface area (Å²) in [5, 5.41) is 0.527. The summed E-state index contributed by atoms with van der Waals surface area (Å²) < 4.78 is 30.3. The first kappa shape index (κ1) is 19.2. The summed E-state index contributed by atoms with van der Waals surface area (Å²) in [7, 11) is 0. The molecule has 2 heterocycles. The van der Waals surface area contributed by atoms with Crippen LogP contribution in [-0.2, 0) is 9.53 Å². The fourth-order valence-electron chi connectivity index (χ4n) is 3.40. The van der Waals surface area contributed by atoms with Gasteiger partial charge in [0.1, 0.15) is 17.0 Å². The molecule has 0 bridgehead atoms. The summed E-state index contributed by atoms with van der Waals surface area (Å²) in [5.41, 5.74) is 6.25. The summed E-state index contributed by atoms with van der Waals surface area (Å²) in [4.78, 5) is 25.6. The number of rotatable bonds is 3. The molecular formula is C21H15BrFNO5. The topological polar surface area (TPSA) is 91.8 Å². The predicted octanol–water partition coefficient (Wildman–Crippen LogP) is 3.95. The maximum absolute atomic E-state index is 13.8. The van der Waals surface area contributed by atoms with Crippen LogP contribution in [0.4, 0.5) is 4.39 Å². The number of fused-ring (bicyclic) bond motifs is 3. The molecule has 0 spiro atoms. The highest BCUT2D eigenvalue weighted by Crippen LogP contribution is 2.44. The number of carbonyl (C=O) groups excluding carboxylic acids is 1. The van der Waals surface area contributed by atoms with Gasteiger partial charge in [-0.15, -0.1) is 0 Å². The second kappa shape index (κ2) is 7.36. The number of halogens is 2. The highest BCUT2D eigenvalue weighted by molar-refractivity contribution is 9.10. The van der Waals surface area contributed by atoms with Crippen LogP contribution < -0.4 is 16.1 Å². The van der Waals surface area contributed by atoms with Crippen molar-refractivity contribution in [3.05, 3.63) is 85.8 Å². The molecule has 2 aromatic carbocycles. The van der Waals surface area contributed by atoms with E-state index in [1.165, 1.54) is 18.2 Å². The molecule has 0 fully saturated rings. The van der Waals surface area contributed by atoms with Crippen LogP contribution in [0.25, 0.3) is 11.0 Å². The van der Waals surface area contributed by atoms with E-state index in [1.807, 2.05) is 0 Å². The number of nitrogens with two attached hydrogens (primary N) is 1. The van der Waals surface area contributed by atoms with E-state index in [0.717, 1.165) is 0 Å². The second-order valence-electron chi connectivity index (χ2n) is 6.34. The maximum Gasteiger partial charge on any atom is 0.344 e. The molecular weight excluding hydrogens is 445 g/mol. The Morgan fingerprint density at radius 3 is 2.76 bits per heavy atom. The van der Waals surface area contributed by atoms with Crippen LogP contribution in [0.15, 0.2) is 67.6 Å². The Morgan fingerprint density at radius 2 is 2.03 bits per heavy atom. The van der Waals surface area contributed by atoms with Crippen LogP contribution in [0.1, 0.15) is 24.0 Å². The highest BCUT2D eigenvalue weighted by Gasteiger charge is 2.39. The molecule has 1 aliphatic heterocycles. The summed E-state index contributed by atoms with van der Waals surface area (Å²) >= 11 is 3.14. The predicted molar refractivity (Wildman–Crippen MR) is 107 cm³/mol. The third-order valence-corrected chi connectivity index (χ3v) is 5.23. The summed E-state index contributed by atoms with van der Waals surface area (Å²) in [6, 6.07) is 11.0. The van der Waals surface area contributed by atoms with Crippen LogP contribution in [0.5, 0.6) is 5.75 Å². The molecule has 0 unspecified atom stereocenters. The lowest BCUT2D eigenvalue weighted by Gasteiger charge is -2.28. The number of esters is 1. The average Bonchev–Trinajstić information content (AvgIpc) is 2.69. The minimum absolute atomic E-state index is 0.0413. The van der Waals surface area contributed by atoms with Gasteiger partial charge in [0.15, 0.2) is 5.75 Å². The lowest BCUT2D eigenvalue weighted by Crippen LogP contribution is -2.31. The van der Waals surface area contributed by atoms with Crippen LogP contribution >= 0.6 is 15.9 Å². The Morgan fingerprint density at radius 1 is 1.28 bits per heavy atom. The van der Waals surface area contributed by atoms with Gasteiger partial charge in [-0.2, -0.15) is 0 Å². The van der Waals surface area contributed by atoms with Gasteiger partial charge in [-0.05, 0) is 52.7 Å². The minimum atomic E-state index is -0.949. The molecule has 1 aromatic heterocycles. The van der Waals surface area contributed by atoms with Crippen molar-refractivity contribution in [1.82, 2.24) is 0 Å². The van der Waals surface area contributed by atoms with Crippen LogP contribution in [-0.4, -0.2) is 12.6 Å². The monoisotopic (exact) mass is 459 g/mol. The fraction of sp³-hybridized carbons (Fsp3) is 0.143. The van der Waals surface area contributed by atoms with Gasteiger partial charge in [-0.1, -0.05) is 18.2 Å². The minimum Gasteiger partial charge on any atom is -0.462 e. The maximum atomic E-state index is 13.8. The Bertz CT molecular complexity index is 1230. The molecule has 2 N–H and O–H groups in total. The molecule has 6 nitrogen and oxygen atoms in total. The van der Waals surface area contributed by atoms with E-state index in [1.54, 1.807) is 31.2 Å². The molecule has 3 aromatic rings. The van der Waals surface area contributed by atoms with Gasteiger partial charge < -0.3 is 19.6 Å². The van der Waals surface area contributed by atoms with Crippen LogP contribution in [0, 0.1) is 5.82 Å². The second-order valence-corrected chi connectivity index (χ2v) is 7.19. The molecule has 0 saturated heterocycles. The molecule has 148 valence electrons. The number of hydrogen-bond acceptors (Lipinski definition) is 6. The largest absolute Gasteiger partial charge is 0.462 e. The average molecular weight is 460 g/mol. The number of benzene rings is 2. The third-order valence-electron chi connectivity index (χ3n) is 4.63. The van der Waals surface area contributed by atoms with E-state index in [-0.39, 0.29) is 33.8 Å². The quantitative estimate of drug-likeness (QED) is 0.470. The Labute approximate surface area is 172 Å². The summed E-state index contributed by atoms with van der Waals surface area (Å²) in [5.74, 6) is -2.14. The van der Waals surface area contributed by atoms with Crippen molar-refractivity contribution >= 4 is 32.9 Å². The molecule has 0 amide bonds. The molecule has 0 saturated carbocycles. The first-order chi connectivity index (χ1) is 13.9. The van der Waals surface area contributed by atoms with E-state index in [0.29, 0.717) is 16.5 Å². The van der Waals surface area contributed by atoms with Gasteiger partial charge in [0.2, 0.25) is 5.88 Å². The van der Waals surface area contributed by atoms with Gasteiger partial charge in [-0.25, -0.2) is 14.0 Å². The van der Waals surface area contributed by atoms with Crippen molar-refractivity contribution in [1.29, 1.82) is 0 Å². The van der Waals surface area contributed by atoms with Gasteiger partial charge >= 0.3 is 11.6 Å². The van der Waals surface area contributed by atoms with Crippen molar-refractivity contribution in [2.24, 2.45) is 5.73 Å². The van der Waals surface area contributed by atoms with E-state index >= 15 is 0 Å². The number of para-hydroxylation sites is 1. The van der Waals surface area contributed by atoms with Gasteiger partial charge in [-0.3, -0.25) is 0 Å². The smallest absolute Gasteiger partial charge is 0.344 e. The van der Waals surface area contributed by atoms with Crippen molar-refractivity contribution in [2.45, 2.75) is 12.8 Å². The summed E-state index contributed by atoms with van der Waals surface area (Å²) in [6.45, 7) is 1.76. The molecule has 0 radical (unpaired) electrons. The molecule has 0 aliphatic carbocycles. The van der Waals surface area contributed by atoms with Gasteiger partial charge in [0, 0.05) is 0 Å².